The van der Waals surface area contributed by atoms with E-state index in [1.54, 1.807) is 12.1 Å². The van der Waals surface area contributed by atoms with Crippen molar-refractivity contribution in [3.05, 3.63) is 29.6 Å². The largest absolute Gasteiger partial charge is 0.490 e. The Bertz CT molecular complexity index is 436. The third-order valence-electron chi connectivity index (χ3n) is 3.96. The highest BCUT2D eigenvalue weighted by molar-refractivity contribution is 5.45. The lowest BCUT2D eigenvalue weighted by Gasteiger charge is -2.23. The van der Waals surface area contributed by atoms with E-state index in [0.717, 1.165) is 37.0 Å². The van der Waals surface area contributed by atoms with Crippen molar-refractivity contribution in [1.29, 1.82) is 0 Å². The van der Waals surface area contributed by atoms with Gasteiger partial charge in [0, 0.05) is 17.0 Å². The van der Waals surface area contributed by atoms with E-state index in [1.807, 2.05) is 6.92 Å². The smallest absolute Gasteiger partial charge is 0.123 e. The first-order valence-electron chi connectivity index (χ1n) is 6.34. The predicted molar refractivity (Wildman–Crippen MR) is 64.6 cm³/mol. The van der Waals surface area contributed by atoms with Gasteiger partial charge in [0.05, 0.1) is 6.10 Å². The summed E-state index contributed by atoms with van der Waals surface area (Å²) < 4.78 is 19.3. The zero-order chi connectivity index (χ0) is 12.0. The fraction of sp³-hybridized carbons (Fsp3) is 0.571. The highest BCUT2D eigenvalue weighted by atomic mass is 19.1. The monoisotopic (exact) mass is 235 g/mol. The van der Waals surface area contributed by atoms with E-state index < -0.39 is 0 Å². The van der Waals surface area contributed by atoms with Crippen LogP contribution in [0.2, 0.25) is 0 Å². The maximum atomic E-state index is 13.4. The predicted octanol–water partition coefficient (Wildman–Crippen LogP) is 2.75. The molecule has 0 saturated heterocycles. The Hall–Kier alpha value is -1.09. The number of rotatable bonds is 4. The van der Waals surface area contributed by atoms with Gasteiger partial charge in [0.25, 0.3) is 0 Å². The van der Waals surface area contributed by atoms with Gasteiger partial charge in [0.15, 0.2) is 0 Å². The molecule has 0 amide bonds. The molecule has 2 nitrogen and oxygen atoms in total. The first kappa shape index (κ1) is 11.0. The Morgan fingerprint density at radius 2 is 2.12 bits per heavy atom. The molecule has 1 aromatic rings. The molecule has 2 aliphatic rings. The summed E-state index contributed by atoms with van der Waals surface area (Å²) in [5.74, 6) is 0.638. The third kappa shape index (κ3) is 1.93. The molecule has 2 saturated carbocycles. The van der Waals surface area contributed by atoms with E-state index in [9.17, 15) is 4.39 Å². The van der Waals surface area contributed by atoms with E-state index in [2.05, 4.69) is 0 Å². The summed E-state index contributed by atoms with van der Waals surface area (Å²) in [4.78, 5) is 0. The summed E-state index contributed by atoms with van der Waals surface area (Å²) >= 11 is 0. The summed E-state index contributed by atoms with van der Waals surface area (Å²) in [7, 11) is 0. The van der Waals surface area contributed by atoms with Crippen molar-refractivity contribution in [2.24, 2.45) is 5.73 Å². The van der Waals surface area contributed by atoms with E-state index in [-0.39, 0.29) is 17.3 Å². The molecule has 3 rings (SSSR count). The van der Waals surface area contributed by atoms with Crippen LogP contribution in [0.3, 0.4) is 0 Å². The molecule has 0 aromatic heterocycles. The van der Waals surface area contributed by atoms with Crippen LogP contribution in [0.15, 0.2) is 18.2 Å². The quantitative estimate of drug-likeness (QED) is 0.871. The minimum absolute atomic E-state index is 0.0471. The van der Waals surface area contributed by atoms with Gasteiger partial charge < -0.3 is 10.5 Å². The Morgan fingerprint density at radius 3 is 2.65 bits per heavy atom. The van der Waals surface area contributed by atoms with Gasteiger partial charge in [-0.2, -0.15) is 0 Å². The molecular weight excluding hydrogens is 217 g/mol. The number of benzene rings is 1. The van der Waals surface area contributed by atoms with Crippen LogP contribution >= 0.6 is 0 Å². The molecule has 0 bridgehead atoms. The van der Waals surface area contributed by atoms with Crippen molar-refractivity contribution in [2.45, 2.75) is 50.2 Å². The van der Waals surface area contributed by atoms with Crippen molar-refractivity contribution >= 4 is 0 Å². The second kappa shape index (κ2) is 3.70. The average Bonchev–Trinajstić information content (AvgIpc) is 3.13. The molecule has 1 unspecified atom stereocenters. The van der Waals surface area contributed by atoms with Crippen molar-refractivity contribution < 1.29 is 9.13 Å². The fourth-order valence-electron chi connectivity index (χ4n) is 2.46. The lowest BCUT2D eigenvalue weighted by molar-refractivity contribution is 0.295. The average molecular weight is 235 g/mol. The lowest BCUT2D eigenvalue weighted by atomic mass is 9.88. The summed E-state index contributed by atoms with van der Waals surface area (Å²) in [6, 6.07) is 4.88. The molecule has 17 heavy (non-hydrogen) atoms. The van der Waals surface area contributed by atoms with Gasteiger partial charge in [-0.05, 0) is 50.8 Å². The Labute approximate surface area is 101 Å². The minimum Gasteiger partial charge on any atom is -0.490 e. The van der Waals surface area contributed by atoms with Crippen LogP contribution in [0.4, 0.5) is 4.39 Å². The first-order valence-corrected chi connectivity index (χ1v) is 6.34. The molecule has 0 heterocycles. The topological polar surface area (TPSA) is 35.2 Å². The molecule has 1 aromatic carbocycles. The maximum absolute atomic E-state index is 13.4. The van der Waals surface area contributed by atoms with Crippen molar-refractivity contribution in [3.8, 4) is 5.75 Å². The van der Waals surface area contributed by atoms with Gasteiger partial charge in [-0.25, -0.2) is 4.39 Å². The standard InChI is InChI=1S/C14H18FNO/c1-9(16)14(6-7-14)12-8-10(15)2-5-13(12)17-11-3-4-11/h2,5,8-9,11H,3-4,6-7,16H2,1H3. The van der Waals surface area contributed by atoms with Gasteiger partial charge in [-0.3, -0.25) is 0 Å². The maximum Gasteiger partial charge on any atom is 0.123 e. The Balaban J connectivity index is 1.97. The second-order valence-electron chi connectivity index (χ2n) is 5.40. The van der Waals surface area contributed by atoms with Crippen LogP contribution in [0.1, 0.15) is 38.2 Å². The van der Waals surface area contributed by atoms with E-state index in [0.29, 0.717) is 6.10 Å². The number of nitrogens with two attached hydrogens (primary N) is 1. The zero-order valence-corrected chi connectivity index (χ0v) is 10.1. The SMILES string of the molecule is CC(N)C1(c2cc(F)ccc2OC2CC2)CC1. The van der Waals surface area contributed by atoms with E-state index in [4.69, 9.17) is 10.5 Å². The molecule has 0 spiro atoms. The van der Waals surface area contributed by atoms with Crippen LogP contribution in [0, 0.1) is 5.82 Å². The number of hydrogen-bond donors (Lipinski definition) is 1. The molecule has 2 N–H and O–H groups in total. The van der Waals surface area contributed by atoms with Crippen LogP contribution in [0.25, 0.3) is 0 Å². The summed E-state index contributed by atoms with van der Waals surface area (Å²) in [5, 5.41) is 0. The Kier molecular flexibility index (Phi) is 2.40. The lowest BCUT2D eigenvalue weighted by Crippen LogP contribution is -2.32. The normalized spacial score (nSPS) is 23.2. The molecule has 2 fully saturated rings. The van der Waals surface area contributed by atoms with Crippen LogP contribution in [0.5, 0.6) is 5.75 Å². The first-order chi connectivity index (χ1) is 8.12. The number of hydrogen-bond acceptors (Lipinski definition) is 2. The van der Waals surface area contributed by atoms with Crippen molar-refractivity contribution in [3.63, 3.8) is 0 Å². The van der Waals surface area contributed by atoms with Crippen LogP contribution < -0.4 is 10.5 Å². The summed E-state index contributed by atoms with van der Waals surface area (Å²) in [6.45, 7) is 2.00. The van der Waals surface area contributed by atoms with Gasteiger partial charge in [-0.15, -0.1) is 0 Å². The molecule has 2 aliphatic carbocycles. The number of ether oxygens (including phenoxy) is 1. The van der Waals surface area contributed by atoms with E-state index >= 15 is 0 Å². The van der Waals surface area contributed by atoms with E-state index in [1.165, 1.54) is 6.07 Å². The molecule has 0 radical (unpaired) electrons. The van der Waals surface area contributed by atoms with Crippen molar-refractivity contribution in [2.75, 3.05) is 0 Å². The van der Waals surface area contributed by atoms with Gasteiger partial charge in [0.2, 0.25) is 0 Å². The van der Waals surface area contributed by atoms with Gasteiger partial charge >= 0.3 is 0 Å². The second-order valence-corrected chi connectivity index (χ2v) is 5.40. The number of halogens is 1. The Morgan fingerprint density at radius 1 is 1.41 bits per heavy atom. The van der Waals surface area contributed by atoms with Crippen molar-refractivity contribution in [1.82, 2.24) is 0 Å². The molecular formula is C14H18FNO. The molecule has 92 valence electrons. The van der Waals surface area contributed by atoms with Gasteiger partial charge in [-0.1, -0.05) is 0 Å². The molecule has 3 heteroatoms. The molecule has 1 atom stereocenters. The minimum atomic E-state index is -0.199. The third-order valence-corrected chi connectivity index (χ3v) is 3.96. The van der Waals surface area contributed by atoms with Crippen LogP contribution in [-0.4, -0.2) is 12.1 Å². The highest BCUT2D eigenvalue weighted by Crippen LogP contribution is 2.53. The summed E-state index contributed by atoms with van der Waals surface area (Å²) in [5.41, 5.74) is 6.97. The summed E-state index contributed by atoms with van der Waals surface area (Å²) in [6.07, 6.45) is 4.64. The zero-order valence-electron chi connectivity index (χ0n) is 10.1. The van der Waals surface area contributed by atoms with Gasteiger partial charge in [0.1, 0.15) is 11.6 Å². The highest BCUT2D eigenvalue weighted by Gasteiger charge is 2.49. The van der Waals surface area contributed by atoms with Crippen LogP contribution in [-0.2, 0) is 5.41 Å². The fourth-order valence-corrected chi connectivity index (χ4v) is 2.46. The molecule has 0 aliphatic heterocycles.